The highest BCUT2D eigenvalue weighted by atomic mass is 35.5. The van der Waals surface area contributed by atoms with Gasteiger partial charge in [-0.3, -0.25) is 19.3 Å². The molecule has 9 nitrogen and oxygen atoms in total. The van der Waals surface area contributed by atoms with E-state index in [9.17, 15) is 19.2 Å². The zero-order valence-electron chi connectivity index (χ0n) is 15.0. The molecule has 28 heavy (non-hydrogen) atoms. The number of benzene rings is 1. The number of imide groups is 1. The second kappa shape index (κ2) is 7.48. The summed E-state index contributed by atoms with van der Waals surface area (Å²) in [7, 11) is 0. The summed E-state index contributed by atoms with van der Waals surface area (Å²) in [6.45, 7) is 0.419. The van der Waals surface area contributed by atoms with Crippen LogP contribution in [0.15, 0.2) is 18.2 Å². The Morgan fingerprint density at radius 1 is 1.43 bits per heavy atom. The highest BCUT2D eigenvalue weighted by molar-refractivity contribution is 6.31. The van der Waals surface area contributed by atoms with Crippen molar-refractivity contribution in [2.45, 2.75) is 25.3 Å². The van der Waals surface area contributed by atoms with Crippen molar-refractivity contribution in [2.75, 3.05) is 18.5 Å². The van der Waals surface area contributed by atoms with E-state index in [2.05, 4.69) is 10.6 Å². The number of rotatable bonds is 6. The molecule has 1 aromatic carbocycles. The number of halogens is 1. The molecule has 0 radical (unpaired) electrons. The Bertz CT molecular complexity index is 908. The van der Waals surface area contributed by atoms with Crippen LogP contribution >= 0.6 is 11.6 Å². The van der Waals surface area contributed by atoms with Crippen molar-refractivity contribution >= 4 is 41.1 Å². The van der Waals surface area contributed by atoms with Crippen LogP contribution in [-0.2, 0) is 19.1 Å². The van der Waals surface area contributed by atoms with Gasteiger partial charge < -0.3 is 15.4 Å². The Labute approximate surface area is 165 Å². The van der Waals surface area contributed by atoms with Crippen LogP contribution in [0.5, 0.6) is 0 Å². The highest BCUT2D eigenvalue weighted by Gasteiger charge is 2.56. The SMILES string of the molecule is C[C@@]1(C2CC2)NC(=O)N(CC(=O)OCC(=O)Nc2cc(Cl)ccc2C#N)C1=O. The van der Waals surface area contributed by atoms with Crippen molar-refractivity contribution in [3.63, 3.8) is 0 Å². The molecule has 2 aliphatic rings. The Hall–Kier alpha value is -3.12. The number of ether oxygens (including phenoxy) is 1. The number of esters is 1. The lowest BCUT2D eigenvalue weighted by molar-refractivity contribution is -0.150. The van der Waals surface area contributed by atoms with Crippen molar-refractivity contribution in [1.29, 1.82) is 5.26 Å². The van der Waals surface area contributed by atoms with Crippen molar-refractivity contribution in [3.8, 4) is 6.07 Å². The van der Waals surface area contributed by atoms with Gasteiger partial charge in [0.05, 0.1) is 11.3 Å². The summed E-state index contributed by atoms with van der Waals surface area (Å²) in [5.41, 5.74) is -0.609. The number of hydrogen-bond acceptors (Lipinski definition) is 6. The molecule has 2 N–H and O–H groups in total. The first kappa shape index (κ1) is 19.6. The van der Waals surface area contributed by atoms with Gasteiger partial charge in [0.1, 0.15) is 18.2 Å². The van der Waals surface area contributed by atoms with E-state index in [4.69, 9.17) is 21.6 Å². The lowest BCUT2D eigenvalue weighted by atomic mass is 9.96. The molecule has 1 aromatic rings. The third-order valence-electron chi connectivity index (χ3n) is 4.72. The summed E-state index contributed by atoms with van der Waals surface area (Å²) >= 11 is 5.84. The molecule has 0 aromatic heterocycles. The molecule has 1 heterocycles. The van der Waals surface area contributed by atoms with Crippen LogP contribution in [0.1, 0.15) is 25.3 Å². The van der Waals surface area contributed by atoms with Crippen molar-refractivity contribution in [2.24, 2.45) is 5.92 Å². The molecule has 2 fully saturated rings. The Balaban J connectivity index is 1.53. The molecule has 146 valence electrons. The summed E-state index contributed by atoms with van der Waals surface area (Å²) in [6.07, 6.45) is 1.68. The van der Waals surface area contributed by atoms with Crippen LogP contribution in [0.25, 0.3) is 0 Å². The smallest absolute Gasteiger partial charge is 0.326 e. The minimum atomic E-state index is -0.991. The molecule has 1 atom stereocenters. The molecule has 1 saturated carbocycles. The molecule has 1 aliphatic heterocycles. The molecular weight excluding hydrogens is 388 g/mol. The van der Waals surface area contributed by atoms with Crippen molar-refractivity contribution < 1.29 is 23.9 Å². The first-order valence-corrected chi connectivity index (χ1v) is 8.91. The third kappa shape index (κ3) is 3.92. The molecule has 10 heteroatoms. The van der Waals surface area contributed by atoms with Crippen LogP contribution in [0.2, 0.25) is 5.02 Å². The molecule has 4 amide bonds. The number of carbonyl (C=O) groups is 4. The maximum absolute atomic E-state index is 12.4. The van der Waals surface area contributed by atoms with Crippen molar-refractivity contribution in [1.82, 2.24) is 10.2 Å². The lowest BCUT2D eigenvalue weighted by Gasteiger charge is -2.20. The van der Waals surface area contributed by atoms with Gasteiger partial charge in [-0.2, -0.15) is 5.26 Å². The van der Waals surface area contributed by atoms with Crippen LogP contribution < -0.4 is 10.6 Å². The Morgan fingerprint density at radius 2 is 2.14 bits per heavy atom. The normalized spacial score (nSPS) is 21.1. The predicted octanol–water partition coefficient (Wildman–Crippen LogP) is 1.41. The van der Waals surface area contributed by atoms with E-state index in [1.54, 1.807) is 6.92 Å². The van der Waals surface area contributed by atoms with Gasteiger partial charge in [-0.05, 0) is 43.9 Å². The van der Waals surface area contributed by atoms with Gasteiger partial charge in [-0.25, -0.2) is 4.79 Å². The zero-order valence-corrected chi connectivity index (χ0v) is 15.7. The maximum atomic E-state index is 12.4. The summed E-state index contributed by atoms with van der Waals surface area (Å²) in [5.74, 6) is -1.99. The number of amides is 4. The number of urea groups is 1. The minimum Gasteiger partial charge on any atom is -0.454 e. The predicted molar refractivity (Wildman–Crippen MR) is 97.1 cm³/mol. The van der Waals surface area contributed by atoms with Crippen LogP contribution in [-0.4, -0.2) is 47.4 Å². The lowest BCUT2D eigenvalue weighted by Crippen LogP contribution is -2.46. The van der Waals surface area contributed by atoms with Crippen LogP contribution in [0.4, 0.5) is 10.5 Å². The quantitative estimate of drug-likeness (QED) is 0.545. The van der Waals surface area contributed by atoms with Gasteiger partial charge >= 0.3 is 12.0 Å². The molecule has 0 unspecified atom stereocenters. The number of carbonyl (C=O) groups excluding carboxylic acids is 4. The Morgan fingerprint density at radius 3 is 2.79 bits per heavy atom. The van der Waals surface area contributed by atoms with E-state index in [-0.39, 0.29) is 17.2 Å². The number of hydrogen-bond donors (Lipinski definition) is 2. The summed E-state index contributed by atoms with van der Waals surface area (Å²) in [4.78, 5) is 49.2. The van der Waals surface area contributed by atoms with Gasteiger partial charge in [0.15, 0.2) is 6.61 Å². The van der Waals surface area contributed by atoms with E-state index in [0.717, 1.165) is 17.7 Å². The van der Waals surface area contributed by atoms with E-state index in [0.29, 0.717) is 5.02 Å². The van der Waals surface area contributed by atoms with Crippen molar-refractivity contribution in [3.05, 3.63) is 28.8 Å². The highest BCUT2D eigenvalue weighted by Crippen LogP contribution is 2.42. The largest absolute Gasteiger partial charge is 0.454 e. The van der Waals surface area contributed by atoms with E-state index >= 15 is 0 Å². The van der Waals surface area contributed by atoms with Crippen LogP contribution in [0, 0.1) is 17.2 Å². The molecule has 3 rings (SSSR count). The van der Waals surface area contributed by atoms with E-state index < -0.39 is 42.5 Å². The molecule has 1 saturated heterocycles. The number of anilines is 1. The van der Waals surface area contributed by atoms with Gasteiger partial charge in [-0.15, -0.1) is 0 Å². The van der Waals surface area contributed by atoms with Gasteiger partial charge in [0, 0.05) is 5.02 Å². The number of nitrogens with zero attached hydrogens (tertiary/aromatic N) is 2. The van der Waals surface area contributed by atoms with Gasteiger partial charge in [-0.1, -0.05) is 11.6 Å². The second-order valence-corrected chi connectivity index (χ2v) is 7.25. The first-order chi connectivity index (χ1) is 13.2. The fraction of sp³-hybridized carbons (Fsp3) is 0.389. The molecule has 0 spiro atoms. The minimum absolute atomic E-state index is 0.0720. The number of nitriles is 1. The standard InChI is InChI=1S/C18H17ClN4O5/c1-18(11-3-4-11)16(26)23(17(27)22-18)8-15(25)28-9-14(24)21-13-6-12(19)5-2-10(13)7-20/h2,5-6,11H,3-4,8-9H2,1H3,(H,21,24)(H,22,27)/t18-/m0/s1. The fourth-order valence-electron chi connectivity index (χ4n) is 3.02. The molecule has 1 aliphatic carbocycles. The topological polar surface area (TPSA) is 129 Å². The fourth-order valence-corrected chi connectivity index (χ4v) is 3.19. The zero-order chi connectivity index (χ0) is 20.5. The summed E-state index contributed by atoms with van der Waals surface area (Å²) < 4.78 is 4.84. The summed E-state index contributed by atoms with van der Waals surface area (Å²) in [6, 6.07) is 5.59. The average Bonchev–Trinajstić information content (AvgIpc) is 3.46. The third-order valence-corrected chi connectivity index (χ3v) is 4.96. The molecule has 0 bridgehead atoms. The average molecular weight is 405 g/mol. The van der Waals surface area contributed by atoms with E-state index in [1.807, 2.05) is 6.07 Å². The van der Waals surface area contributed by atoms with Crippen LogP contribution in [0.3, 0.4) is 0 Å². The summed E-state index contributed by atoms with van der Waals surface area (Å²) in [5, 5.41) is 14.4. The first-order valence-electron chi connectivity index (χ1n) is 8.54. The van der Waals surface area contributed by atoms with E-state index in [1.165, 1.54) is 18.2 Å². The van der Waals surface area contributed by atoms with Gasteiger partial charge in [0.2, 0.25) is 0 Å². The Kier molecular flexibility index (Phi) is 5.25. The number of nitrogens with one attached hydrogen (secondary N) is 2. The van der Waals surface area contributed by atoms with Gasteiger partial charge in [0.25, 0.3) is 11.8 Å². The second-order valence-electron chi connectivity index (χ2n) is 6.81. The molecular formula is C18H17ClN4O5. The maximum Gasteiger partial charge on any atom is 0.326 e. The monoisotopic (exact) mass is 404 g/mol.